The first-order valence-corrected chi connectivity index (χ1v) is 4.31. The van der Waals surface area contributed by atoms with Gasteiger partial charge in [-0.15, -0.1) is 0 Å². The zero-order chi connectivity index (χ0) is 10.6. The van der Waals surface area contributed by atoms with Crippen LogP contribution in [0.4, 0.5) is 4.39 Å². The van der Waals surface area contributed by atoms with Crippen molar-refractivity contribution in [1.29, 1.82) is 0 Å². The Morgan fingerprint density at radius 3 is 2.71 bits per heavy atom. The van der Waals surface area contributed by atoms with Gasteiger partial charge in [0.05, 0.1) is 0 Å². The molecule has 0 bridgehead atoms. The molecule has 0 aliphatic heterocycles. The van der Waals surface area contributed by atoms with Crippen LogP contribution in [0.3, 0.4) is 0 Å². The lowest BCUT2D eigenvalue weighted by molar-refractivity contribution is 0.112. The number of aldehydes is 1. The molecule has 0 spiro atoms. The van der Waals surface area contributed by atoms with Crippen molar-refractivity contribution < 1.29 is 9.18 Å². The number of rotatable bonds is 3. The van der Waals surface area contributed by atoms with Crippen LogP contribution >= 0.6 is 0 Å². The van der Waals surface area contributed by atoms with Crippen molar-refractivity contribution in [3.63, 3.8) is 0 Å². The summed E-state index contributed by atoms with van der Waals surface area (Å²) in [6.45, 7) is 1.99. The van der Waals surface area contributed by atoms with Gasteiger partial charge in [-0.1, -0.05) is 12.2 Å². The van der Waals surface area contributed by atoms with E-state index in [1.165, 1.54) is 12.1 Å². The quantitative estimate of drug-likeness (QED) is 0.745. The van der Waals surface area contributed by atoms with Gasteiger partial charge in [-0.25, -0.2) is 4.39 Å². The molecule has 3 heteroatoms. The summed E-state index contributed by atoms with van der Waals surface area (Å²) in [4.78, 5) is 10.7. The van der Waals surface area contributed by atoms with E-state index in [9.17, 15) is 9.18 Å². The second kappa shape index (κ2) is 4.67. The zero-order valence-electron chi connectivity index (χ0n) is 7.96. The summed E-state index contributed by atoms with van der Waals surface area (Å²) in [5.41, 5.74) is 6.78. The van der Waals surface area contributed by atoms with Crippen molar-refractivity contribution in [2.24, 2.45) is 5.73 Å². The standard InChI is InChI=1S/C11H12FNO/c1-8-5-10(7-14)9(3-2-4-13)6-11(8)12/h2-3,5-7H,4,13H2,1H3/b3-2+. The van der Waals surface area contributed by atoms with E-state index < -0.39 is 0 Å². The summed E-state index contributed by atoms with van der Waals surface area (Å²) >= 11 is 0. The number of hydrogen-bond acceptors (Lipinski definition) is 2. The lowest BCUT2D eigenvalue weighted by atomic mass is 10.0. The Hall–Kier alpha value is -1.48. The normalized spacial score (nSPS) is 10.8. The molecule has 0 atom stereocenters. The van der Waals surface area contributed by atoms with Gasteiger partial charge in [-0.2, -0.15) is 0 Å². The Morgan fingerprint density at radius 2 is 2.14 bits per heavy atom. The van der Waals surface area contributed by atoms with E-state index in [2.05, 4.69) is 0 Å². The van der Waals surface area contributed by atoms with Crippen LogP contribution in [0.25, 0.3) is 6.08 Å². The van der Waals surface area contributed by atoms with Gasteiger partial charge >= 0.3 is 0 Å². The molecule has 1 aromatic rings. The maximum atomic E-state index is 13.1. The van der Waals surface area contributed by atoms with Gasteiger partial charge in [0.25, 0.3) is 0 Å². The molecule has 0 radical (unpaired) electrons. The minimum absolute atomic E-state index is 0.313. The molecular formula is C11H12FNO. The Balaban J connectivity index is 3.20. The van der Waals surface area contributed by atoms with Crippen LogP contribution in [0.5, 0.6) is 0 Å². The van der Waals surface area contributed by atoms with Crippen molar-refractivity contribution in [2.45, 2.75) is 6.92 Å². The lowest BCUT2D eigenvalue weighted by Crippen LogP contribution is -1.95. The molecule has 0 aliphatic rings. The second-order valence-corrected chi connectivity index (χ2v) is 2.99. The maximum Gasteiger partial charge on any atom is 0.150 e. The fourth-order valence-electron chi connectivity index (χ4n) is 1.16. The number of halogens is 1. The molecule has 2 N–H and O–H groups in total. The lowest BCUT2D eigenvalue weighted by Gasteiger charge is -2.02. The summed E-state index contributed by atoms with van der Waals surface area (Å²) in [5.74, 6) is -0.313. The maximum absolute atomic E-state index is 13.1. The van der Waals surface area contributed by atoms with E-state index in [0.717, 1.165) is 0 Å². The highest BCUT2D eigenvalue weighted by atomic mass is 19.1. The molecule has 74 valence electrons. The van der Waals surface area contributed by atoms with E-state index in [1.807, 2.05) is 0 Å². The topological polar surface area (TPSA) is 43.1 Å². The first-order valence-electron chi connectivity index (χ1n) is 4.31. The fraction of sp³-hybridized carbons (Fsp3) is 0.182. The first-order chi connectivity index (χ1) is 6.69. The molecule has 0 fully saturated rings. The highest BCUT2D eigenvalue weighted by Gasteiger charge is 2.03. The number of benzene rings is 1. The van der Waals surface area contributed by atoms with Crippen molar-refractivity contribution in [1.82, 2.24) is 0 Å². The van der Waals surface area contributed by atoms with E-state index in [4.69, 9.17) is 5.73 Å². The Kier molecular flexibility index (Phi) is 3.54. The second-order valence-electron chi connectivity index (χ2n) is 2.99. The molecule has 0 saturated carbocycles. The Bertz CT molecular complexity index is 372. The van der Waals surface area contributed by atoms with Gasteiger partial charge in [0.15, 0.2) is 6.29 Å². The van der Waals surface area contributed by atoms with E-state index in [1.54, 1.807) is 19.1 Å². The van der Waals surface area contributed by atoms with E-state index in [-0.39, 0.29) is 5.82 Å². The molecule has 0 unspecified atom stereocenters. The van der Waals surface area contributed by atoms with E-state index >= 15 is 0 Å². The average Bonchev–Trinajstić information content (AvgIpc) is 2.19. The summed E-state index contributed by atoms with van der Waals surface area (Å²) < 4.78 is 13.1. The van der Waals surface area contributed by atoms with Crippen molar-refractivity contribution in [3.05, 3.63) is 40.7 Å². The van der Waals surface area contributed by atoms with Crippen molar-refractivity contribution in [3.8, 4) is 0 Å². The van der Waals surface area contributed by atoms with Crippen LogP contribution in [0.2, 0.25) is 0 Å². The third-order valence-corrected chi connectivity index (χ3v) is 1.92. The zero-order valence-corrected chi connectivity index (χ0v) is 7.96. The summed E-state index contributed by atoms with van der Waals surface area (Å²) in [7, 11) is 0. The number of hydrogen-bond donors (Lipinski definition) is 1. The predicted octanol–water partition coefficient (Wildman–Crippen LogP) is 1.92. The number of carbonyl (C=O) groups excluding carboxylic acids is 1. The number of aryl methyl sites for hydroxylation is 1. The summed E-state index contributed by atoms with van der Waals surface area (Å²) in [5, 5.41) is 0. The highest BCUT2D eigenvalue weighted by molar-refractivity contribution is 5.82. The van der Waals surface area contributed by atoms with Gasteiger partial charge in [0, 0.05) is 12.1 Å². The molecule has 1 rings (SSSR count). The molecule has 14 heavy (non-hydrogen) atoms. The van der Waals surface area contributed by atoms with Crippen molar-refractivity contribution in [2.75, 3.05) is 6.54 Å². The van der Waals surface area contributed by atoms with E-state index in [0.29, 0.717) is 29.5 Å². The van der Waals surface area contributed by atoms with Gasteiger partial charge in [-0.05, 0) is 30.2 Å². The van der Waals surface area contributed by atoms with Crippen molar-refractivity contribution >= 4 is 12.4 Å². The van der Waals surface area contributed by atoms with Gasteiger partial charge in [0.2, 0.25) is 0 Å². The van der Waals surface area contributed by atoms with Crippen LogP contribution in [-0.2, 0) is 0 Å². The monoisotopic (exact) mass is 193 g/mol. The van der Waals surface area contributed by atoms with Gasteiger partial charge in [0.1, 0.15) is 5.82 Å². The molecule has 0 amide bonds. The SMILES string of the molecule is Cc1cc(C=O)c(/C=C/CN)cc1F. The molecular weight excluding hydrogens is 181 g/mol. The predicted molar refractivity (Wildman–Crippen MR) is 54.6 cm³/mol. The van der Waals surface area contributed by atoms with Gasteiger partial charge in [-0.3, -0.25) is 4.79 Å². The third-order valence-electron chi connectivity index (χ3n) is 1.92. The minimum Gasteiger partial charge on any atom is -0.327 e. The smallest absolute Gasteiger partial charge is 0.150 e. The minimum atomic E-state index is -0.313. The molecule has 0 heterocycles. The van der Waals surface area contributed by atoms with Gasteiger partial charge < -0.3 is 5.73 Å². The largest absolute Gasteiger partial charge is 0.327 e. The molecule has 2 nitrogen and oxygen atoms in total. The molecule has 1 aromatic carbocycles. The molecule has 0 aromatic heterocycles. The van der Waals surface area contributed by atoms with Crippen LogP contribution < -0.4 is 5.73 Å². The van der Waals surface area contributed by atoms with Crippen LogP contribution in [0.1, 0.15) is 21.5 Å². The van der Waals surface area contributed by atoms with Crippen LogP contribution in [-0.4, -0.2) is 12.8 Å². The summed E-state index contributed by atoms with van der Waals surface area (Å²) in [6, 6.07) is 2.86. The molecule has 0 aliphatic carbocycles. The summed E-state index contributed by atoms with van der Waals surface area (Å²) in [6.07, 6.45) is 4.03. The third kappa shape index (κ3) is 2.26. The Morgan fingerprint density at radius 1 is 1.43 bits per heavy atom. The molecule has 0 saturated heterocycles. The fourth-order valence-corrected chi connectivity index (χ4v) is 1.16. The van der Waals surface area contributed by atoms with Crippen LogP contribution in [0.15, 0.2) is 18.2 Å². The average molecular weight is 193 g/mol. The Labute approximate surface area is 82.2 Å². The number of carbonyl (C=O) groups is 1. The number of nitrogens with two attached hydrogens (primary N) is 1. The first kappa shape index (κ1) is 10.6. The van der Waals surface area contributed by atoms with Crippen LogP contribution in [0, 0.1) is 12.7 Å². The highest BCUT2D eigenvalue weighted by Crippen LogP contribution is 2.15.